The van der Waals surface area contributed by atoms with E-state index >= 15 is 0 Å². The fourth-order valence-corrected chi connectivity index (χ4v) is 3.14. The van der Waals surface area contributed by atoms with E-state index < -0.39 is 0 Å². The predicted molar refractivity (Wildman–Crippen MR) is 74.3 cm³/mol. The van der Waals surface area contributed by atoms with Crippen LogP contribution in [0.5, 0.6) is 0 Å². The van der Waals surface area contributed by atoms with Gasteiger partial charge in [0.1, 0.15) is 0 Å². The quantitative estimate of drug-likeness (QED) is 0.818. The first-order chi connectivity index (χ1) is 7.33. The number of hydrogen-bond acceptors (Lipinski definition) is 2. The first-order valence-corrected chi connectivity index (χ1v) is 6.95. The van der Waals surface area contributed by atoms with Gasteiger partial charge in [0.15, 0.2) is 0 Å². The zero-order chi connectivity index (χ0) is 12.3. The fraction of sp³-hybridized carbons (Fsp3) is 0.714. The van der Waals surface area contributed by atoms with E-state index in [1.165, 1.54) is 21.7 Å². The maximum Gasteiger partial charge on any atom is 0.0336 e. The van der Waals surface area contributed by atoms with Gasteiger partial charge in [0, 0.05) is 15.8 Å². The Morgan fingerprint density at radius 2 is 1.94 bits per heavy atom. The second-order valence-corrected chi connectivity index (χ2v) is 7.20. The Morgan fingerprint density at radius 1 is 1.31 bits per heavy atom. The number of thiophene rings is 1. The van der Waals surface area contributed by atoms with Crippen LogP contribution in [0.3, 0.4) is 0 Å². The third-order valence-electron chi connectivity index (χ3n) is 2.72. The molecule has 1 N–H and O–H groups in total. The summed E-state index contributed by atoms with van der Waals surface area (Å²) in [6.45, 7) is 14.6. The summed E-state index contributed by atoms with van der Waals surface area (Å²) in [6.07, 6.45) is 1.19. The number of hydrogen-bond donors (Lipinski definition) is 1. The third kappa shape index (κ3) is 3.91. The highest BCUT2D eigenvalue weighted by Gasteiger charge is 2.21. The number of rotatable bonds is 4. The molecule has 2 heteroatoms. The van der Waals surface area contributed by atoms with Gasteiger partial charge >= 0.3 is 0 Å². The Bertz CT molecular complexity index is 333. The van der Waals surface area contributed by atoms with Crippen LogP contribution in [0.4, 0.5) is 0 Å². The molecule has 92 valence electrons. The van der Waals surface area contributed by atoms with Crippen LogP contribution in [0.2, 0.25) is 0 Å². The van der Waals surface area contributed by atoms with Crippen molar-refractivity contribution in [1.29, 1.82) is 0 Å². The lowest BCUT2D eigenvalue weighted by Gasteiger charge is -2.27. The zero-order valence-electron chi connectivity index (χ0n) is 11.5. The summed E-state index contributed by atoms with van der Waals surface area (Å²) in [5, 5.41) is 3.62. The van der Waals surface area contributed by atoms with E-state index in [4.69, 9.17) is 0 Å². The van der Waals surface area contributed by atoms with Crippen molar-refractivity contribution < 1.29 is 0 Å². The molecule has 1 aromatic heterocycles. The zero-order valence-corrected chi connectivity index (χ0v) is 12.3. The van der Waals surface area contributed by atoms with Crippen molar-refractivity contribution in [2.45, 2.75) is 54.0 Å². The van der Waals surface area contributed by atoms with Crippen LogP contribution in [0.25, 0.3) is 0 Å². The molecule has 0 saturated heterocycles. The summed E-state index contributed by atoms with van der Waals surface area (Å²) in [5.41, 5.74) is 1.87. The SMILES string of the molecule is CCNC(CC(C)(C)C)c1cc(C)sc1C. The van der Waals surface area contributed by atoms with Gasteiger partial charge < -0.3 is 5.32 Å². The van der Waals surface area contributed by atoms with E-state index in [0.29, 0.717) is 11.5 Å². The van der Waals surface area contributed by atoms with Crippen molar-refractivity contribution in [1.82, 2.24) is 5.32 Å². The average Bonchev–Trinajstić information content (AvgIpc) is 2.42. The number of nitrogens with one attached hydrogen (secondary N) is 1. The molecule has 0 bridgehead atoms. The highest BCUT2D eigenvalue weighted by molar-refractivity contribution is 7.12. The summed E-state index contributed by atoms with van der Waals surface area (Å²) in [4.78, 5) is 2.89. The molecule has 0 radical (unpaired) electrons. The molecule has 0 spiro atoms. The van der Waals surface area contributed by atoms with Gasteiger partial charge in [-0.2, -0.15) is 0 Å². The normalized spacial score (nSPS) is 14.1. The maximum atomic E-state index is 3.62. The topological polar surface area (TPSA) is 12.0 Å². The first kappa shape index (κ1) is 13.7. The van der Waals surface area contributed by atoms with Gasteiger partial charge in [0.2, 0.25) is 0 Å². The van der Waals surface area contributed by atoms with Crippen LogP contribution < -0.4 is 5.32 Å². The highest BCUT2D eigenvalue weighted by atomic mass is 32.1. The van der Waals surface area contributed by atoms with E-state index in [0.717, 1.165) is 6.54 Å². The molecule has 1 unspecified atom stereocenters. The molecule has 1 atom stereocenters. The molecule has 1 heterocycles. The van der Waals surface area contributed by atoms with Gasteiger partial charge in [0.05, 0.1) is 0 Å². The molecule has 1 aromatic rings. The van der Waals surface area contributed by atoms with Crippen LogP contribution in [0.1, 0.15) is 55.5 Å². The Labute approximate surface area is 104 Å². The molecule has 0 amide bonds. The smallest absolute Gasteiger partial charge is 0.0336 e. The molecule has 0 fully saturated rings. The molecule has 0 aromatic carbocycles. The minimum Gasteiger partial charge on any atom is -0.310 e. The third-order valence-corrected chi connectivity index (χ3v) is 3.70. The van der Waals surface area contributed by atoms with Crippen LogP contribution in [-0.4, -0.2) is 6.54 Å². The molecule has 16 heavy (non-hydrogen) atoms. The Balaban J connectivity index is 2.89. The summed E-state index contributed by atoms with van der Waals surface area (Å²) in [7, 11) is 0. The van der Waals surface area contributed by atoms with Gasteiger partial charge in [-0.05, 0) is 43.9 Å². The van der Waals surface area contributed by atoms with Crippen LogP contribution in [0, 0.1) is 19.3 Å². The van der Waals surface area contributed by atoms with Crippen LogP contribution in [-0.2, 0) is 0 Å². The van der Waals surface area contributed by atoms with Crippen molar-refractivity contribution in [3.05, 3.63) is 21.4 Å². The largest absolute Gasteiger partial charge is 0.310 e. The summed E-state index contributed by atoms with van der Waals surface area (Å²) in [6, 6.07) is 2.86. The average molecular weight is 239 g/mol. The fourth-order valence-electron chi connectivity index (χ4n) is 2.15. The minimum absolute atomic E-state index is 0.370. The lowest BCUT2D eigenvalue weighted by molar-refractivity contribution is 0.314. The van der Waals surface area contributed by atoms with E-state index in [1.807, 2.05) is 11.3 Å². The van der Waals surface area contributed by atoms with Gasteiger partial charge in [0.25, 0.3) is 0 Å². The Hall–Kier alpha value is -0.340. The van der Waals surface area contributed by atoms with E-state index in [2.05, 4.69) is 52.9 Å². The summed E-state index contributed by atoms with van der Waals surface area (Å²) >= 11 is 1.91. The van der Waals surface area contributed by atoms with Gasteiger partial charge in [-0.25, -0.2) is 0 Å². The summed E-state index contributed by atoms with van der Waals surface area (Å²) < 4.78 is 0. The molecular weight excluding hydrogens is 214 g/mol. The molecule has 0 aliphatic carbocycles. The molecular formula is C14H25NS. The van der Waals surface area contributed by atoms with Gasteiger partial charge in [-0.15, -0.1) is 11.3 Å². The molecule has 0 saturated carbocycles. The van der Waals surface area contributed by atoms with Crippen molar-refractivity contribution in [2.24, 2.45) is 5.41 Å². The van der Waals surface area contributed by atoms with Crippen LogP contribution in [0.15, 0.2) is 6.07 Å². The molecule has 0 aliphatic rings. The maximum absolute atomic E-state index is 3.62. The molecule has 0 aliphatic heterocycles. The highest BCUT2D eigenvalue weighted by Crippen LogP contribution is 2.34. The lowest BCUT2D eigenvalue weighted by atomic mass is 9.85. The minimum atomic E-state index is 0.370. The summed E-state index contributed by atoms with van der Waals surface area (Å²) in [5.74, 6) is 0. The van der Waals surface area contributed by atoms with Crippen molar-refractivity contribution >= 4 is 11.3 Å². The van der Waals surface area contributed by atoms with Crippen molar-refractivity contribution in [3.8, 4) is 0 Å². The van der Waals surface area contributed by atoms with Gasteiger partial charge in [-0.1, -0.05) is 27.7 Å². The second-order valence-electron chi connectivity index (χ2n) is 5.74. The van der Waals surface area contributed by atoms with Crippen molar-refractivity contribution in [2.75, 3.05) is 6.54 Å². The molecule has 1 rings (SSSR count). The lowest BCUT2D eigenvalue weighted by Crippen LogP contribution is -2.25. The predicted octanol–water partition coefficient (Wildman–Crippen LogP) is 4.45. The van der Waals surface area contributed by atoms with Crippen LogP contribution >= 0.6 is 11.3 Å². The van der Waals surface area contributed by atoms with Crippen molar-refractivity contribution in [3.63, 3.8) is 0 Å². The standard InChI is InChI=1S/C14H25NS/c1-7-15-13(9-14(4,5)6)12-8-10(2)16-11(12)3/h8,13,15H,7,9H2,1-6H3. The first-order valence-electron chi connectivity index (χ1n) is 6.14. The molecule has 1 nitrogen and oxygen atoms in total. The van der Waals surface area contributed by atoms with E-state index in [-0.39, 0.29) is 0 Å². The monoisotopic (exact) mass is 239 g/mol. The van der Waals surface area contributed by atoms with E-state index in [9.17, 15) is 0 Å². The Morgan fingerprint density at radius 3 is 2.31 bits per heavy atom. The Kier molecular flexibility index (Phi) is 4.57. The number of aryl methyl sites for hydroxylation is 2. The second kappa shape index (κ2) is 5.33. The van der Waals surface area contributed by atoms with Gasteiger partial charge in [-0.3, -0.25) is 0 Å². The van der Waals surface area contributed by atoms with E-state index in [1.54, 1.807) is 0 Å².